The van der Waals surface area contributed by atoms with Gasteiger partial charge in [0.2, 0.25) is 0 Å². The molecule has 2 aromatic heterocycles. The number of carbonyl (C=O) groups excluding carboxylic acids is 1. The molecule has 0 aliphatic heterocycles. The van der Waals surface area contributed by atoms with Gasteiger partial charge in [0.25, 0.3) is 0 Å². The van der Waals surface area contributed by atoms with E-state index in [0.717, 1.165) is 44.1 Å². The van der Waals surface area contributed by atoms with E-state index in [-0.39, 0.29) is 5.78 Å². The molecule has 0 saturated carbocycles. The van der Waals surface area contributed by atoms with Crippen molar-refractivity contribution in [1.29, 1.82) is 0 Å². The van der Waals surface area contributed by atoms with Crippen molar-refractivity contribution in [2.24, 2.45) is 0 Å². The van der Waals surface area contributed by atoms with E-state index < -0.39 is 5.41 Å². The normalized spacial score (nSPS) is 15.1. The van der Waals surface area contributed by atoms with Crippen molar-refractivity contribution in [3.8, 4) is 0 Å². The third-order valence-electron chi connectivity index (χ3n) is 6.14. The SMILES string of the molecule is O=C1C=Cc2ccccc2C1(c1c[nH]c2ccccc12)c1c[nH]c2ccccc12. The molecule has 1 aliphatic carbocycles. The molecule has 3 nitrogen and oxygen atoms in total. The summed E-state index contributed by atoms with van der Waals surface area (Å²) in [7, 11) is 0. The predicted molar refractivity (Wildman–Crippen MR) is 117 cm³/mol. The van der Waals surface area contributed by atoms with Crippen LogP contribution in [0.5, 0.6) is 0 Å². The van der Waals surface area contributed by atoms with E-state index in [9.17, 15) is 4.79 Å². The second-order valence-corrected chi connectivity index (χ2v) is 7.53. The molecule has 138 valence electrons. The minimum atomic E-state index is -0.912. The lowest BCUT2D eigenvalue weighted by atomic mass is 9.63. The summed E-state index contributed by atoms with van der Waals surface area (Å²) in [6.07, 6.45) is 7.66. The molecule has 3 aromatic carbocycles. The first-order valence-corrected chi connectivity index (χ1v) is 9.75. The minimum Gasteiger partial charge on any atom is -0.361 e. The predicted octanol–water partition coefficient (Wildman–Crippen LogP) is 5.58. The second-order valence-electron chi connectivity index (χ2n) is 7.53. The summed E-state index contributed by atoms with van der Waals surface area (Å²) >= 11 is 0. The van der Waals surface area contributed by atoms with Crippen molar-refractivity contribution >= 4 is 33.7 Å². The molecular weight excluding hydrogens is 356 g/mol. The fourth-order valence-corrected chi connectivity index (χ4v) is 4.87. The highest BCUT2D eigenvalue weighted by Gasteiger charge is 2.47. The monoisotopic (exact) mass is 374 g/mol. The highest BCUT2D eigenvalue weighted by atomic mass is 16.1. The van der Waals surface area contributed by atoms with E-state index >= 15 is 0 Å². The van der Waals surface area contributed by atoms with Crippen molar-refractivity contribution < 1.29 is 4.79 Å². The number of H-pyrrole nitrogens is 2. The highest BCUT2D eigenvalue weighted by molar-refractivity contribution is 6.14. The Hall–Kier alpha value is -3.85. The Labute approximate surface area is 167 Å². The molecule has 0 amide bonds. The lowest BCUT2D eigenvalue weighted by Gasteiger charge is -2.35. The van der Waals surface area contributed by atoms with Gasteiger partial charge in [0, 0.05) is 45.3 Å². The summed E-state index contributed by atoms with van der Waals surface area (Å²) < 4.78 is 0. The quantitative estimate of drug-likeness (QED) is 0.416. The molecule has 5 aromatic rings. The summed E-state index contributed by atoms with van der Waals surface area (Å²) in [6.45, 7) is 0. The number of allylic oxidation sites excluding steroid dienone is 1. The molecular formula is C26H18N2O. The van der Waals surface area contributed by atoms with E-state index in [0.29, 0.717) is 0 Å². The van der Waals surface area contributed by atoms with Crippen LogP contribution < -0.4 is 0 Å². The van der Waals surface area contributed by atoms with Gasteiger partial charge < -0.3 is 9.97 Å². The van der Waals surface area contributed by atoms with Crippen LogP contribution in [0.2, 0.25) is 0 Å². The molecule has 0 atom stereocenters. The van der Waals surface area contributed by atoms with Crippen LogP contribution >= 0.6 is 0 Å². The van der Waals surface area contributed by atoms with Crippen LogP contribution in [0, 0.1) is 0 Å². The van der Waals surface area contributed by atoms with Crippen LogP contribution in [0.4, 0.5) is 0 Å². The zero-order valence-corrected chi connectivity index (χ0v) is 15.6. The third kappa shape index (κ3) is 2.04. The number of rotatable bonds is 2. The topological polar surface area (TPSA) is 48.6 Å². The molecule has 0 radical (unpaired) electrons. The van der Waals surface area contributed by atoms with E-state index in [4.69, 9.17) is 0 Å². The number of nitrogens with one attached hydrogen (secondary N) is 2. The molecule has 1 aliphatic rings. The number of aromatic amines is 2. The number of hydrogen-bond donors (Lipinski definition) is 2. The van der Waals surface area contributed by atoms with Crippen LogP contribution in [-0.4, -0.2) is 15.8 Å². The molecule has 0 saturated heterocycles. The first kappa shape index (κ1) is 16.1. The minimum absolute atomic E-state index is 0.0747. The summed E-state index contributed by atoms with van der Waals surface area (Å²) in [4.78, 5) is 20.6. The Kier molecular flexibility index (Phi) is 3.24. The second kappa shape index (κ2) is 5.82. The molecule has 0 fully saturated rings. The largest absolute Gasteiger partial charge is 0.361 e. The molecule has 0 bridgehead atoms. The molecule has 6 rings (SSSR count). The van der Waals surface area contributed by atoms with Gasteiger partial charge in [-0.3, -0.25) is 4.79 Å². The van der Waals surface area contributed by atoms with Gasteiger partial charge in [0.05, 0.1) is 0 Å². The van der Waals surface area contributed by atoms with Crippen molar-refractivity contribution in [1.82, 2.24) is 9.97 Å². The average Bonchev–Trinajstić information content (AvgIpc) is 3.39. The van der Waals surface area contributed by atoms with Crippen molar-refractivity contribution in [3.05, 3.63) is 114 Å². The average molecular weight is 374 g/mol. The number of para-hydroxylation sites is 2. The molecule has 2 N–H and O–H groups in total. The van der Waals surface area contributed by atoms with E-state index in [1.54, 1.807) is 6.08 Å². The Morgan fingerprint density at radius 1 is 0.586 bits per heavy atom. The first-order chi connectivity index (χ1) is 14.3. The van der Waals surface area contributed by atoms with Gasteiger partial charge in [0.15, 0.2) is 5.78 Å². The Morgan fingerprint density at radius 2 is 1.14 bits per heavy atom. The smallest absolute Gasteiger partial charge is 0.175 e. The highest BCUT2D eigenvalue weighted by Crippen LogP contribution is 2.48. The number of ketones is 1. The van der Waals surface area contributed by atoms with Gasteiger partial charge in [-0.25, -0.2) is 0 Å². The van der Waals surface area contributed by atoms with Crippen molar-refractivity contribution in [2.75, 3.05) is 0 Å². The summed E-state index contributed by atoms with van der Waals surface area (Å²) in [6, 6.07) is 24.6. The Balaban J connectivity index is 1.82. The molecule has 2 heterocycles. The Bertz CT molecular complexity index is 1360. The van der Waals surface area contributed by atoms with Crippen LogP contribution in [0.25, 0.3) is 27.9 Å². The van der Waals surface area contributed by atoms with Gasteiger partial charge in [-0.2, -0.15) is 0 Å². The van der Waals surface area contributed by atoms with Gasteiger partial charge in [0.1, 0.15) is 5.41 Å². The van der Waals surface area contributed by atoms with E-state index in [1.807, 2.05) is 54.9 Å². The van der Waals surface area contributed by atoms with E-state index in [1.165, 1.54) is 0 Å². The van der Waals surface area contributed by atoms with E-state index in [2.05, 4.69) is 46.4 Å². The molecule has 0 unspecified atom stereocenters. The maximum absolute atomic E-state index is 13.8. The van der Waals surface area contributed by atoms with Crippen LogP contribution in [0.15, 0.2) is 91.3 Å². The van der Waals surface area contributed by atoms with Gasteiger partial charge >= 0.3 is 0 Å². The number of benzene rings is 3. The lowest BCUT2D eigenvalue weighted by molar-refractivity contribution is -0.117. The van der Waals surface area contributed by atoms with Crippen molar-refractivity contribution in [2.45, 2.75) is 5.41 Å². The number of aromatic nitrogens is 2. The number of hydrogen-bond acceptors (Lipinski definition) is 1. The zero-order chi connectivity index (χ0) is 19.4. The standard InChI is InChI=1S/C26H18N2O/c29-25-14-13-17-7-1-4-10-20(17)26(25,21-15-27-23-11-5-2-8-18(21)23)22-16-28-24-12-6-3-9-19(22)24/h1-16,27-28H. The molecule has 3 heteroatoms. The lowest BCUT2D eigenvalue weighted by Crippen LogP contribution is -2.39. The number of carbonyl (C=O) groups is 1. The van der Waals surface area contributed by atoms with Crippen LogP contribution in [0.1, 0.15) is 22.3 Å². The summed E-state index contributed by atoms with van der Waals surface area (Å²) in [5.41, 5.74) is 5.21. The number of fused-ring (bicyclic) bond motifs is 3. The van der Waals surface area contributed by atoms with Gasteiger partial charge in [-0.1, -0.05) is 66.7 Å². The third-order valence-corrected chi connectivity index (χ3v) is 6.14. The van der Waals surface area contributed by atoms with Crippen molar-refractivity contribution in [3.63, 3.8) is 0 Å². The molecule has 0 spiro atoms. The first-order valence-electron chi connectivity index (χ1n) is 9.75. The van der Waals surface area contributed by atoms with Gasteiger partial charge in [-0.15, -0.1) is 0 Å². The van der Waals surface area contributed by atoms with Crippen LogP contribution in [-0.2, 0) is 10.2 Å². The maximum Gasteiger partial charge on any atom is 0.175 e. The zero-order valence-electron chi connectivity index (χ0n) is 15.6. The summed E-state index contributed by atoms with van der Waals surface area (Å²) in [5.74, 6) is 0.0747. The fourth-order valence-electron chi connectivity index (χ4n) is 4.87. The summed E-state index contributed by atoms with van der Waals surface area (Å²) in [5, 5.41) is 2.13. The fraction of sp³-hybridized carbons (Fsp3) is 0.0385. The van der Waals surface area contributed by atoms with Gasteiger partial charge in [-0.05, 0) is 29.3 Å². The molecule has 29 heavy (non-hydrogen) atoms. The van der Waals surface area contributed by atoms with Crippen LogP contribution in [0.3, 0.4) is 0 Å². The maximum atomic E-state index is 13.8. The Morgan fingerprint density at radius 3 is 1.79 bits per heavy atom.